The van der Waals surface area contributed by atoms with E-state index < -0.39 is 5.91 Å². The molecule has 1 saturated heterocycles. The van der Waals surface area contributed by atoms with Gasteiger partial charge in [-0.3, -0.25) is 14.5 Å². The van der Waals surface area contributed by atoms with Gasteiger partial charge in [0.15, 0.2) is 6.61 Å². The Hall–Kier alpha value is -2.80. The minimum atomic E-state index is -0.544. The van der Waals surface area contributed by atoms with Crippen molar-refractivity contribution >= 4 is 11.8 Å². The topological polar surface area (TPSA) is 97.8 Å². The Morgan fingerprint density at radius 2 is 1.92 bits per heavy atom. The summed E-state index contributed by atoms with van der Waals surface area (Å²) in [5.74, 6) is 0.646. The molecule has 7 heteroatoms. The number of furan rings is 1. The fourth-order valence-corrected chi connectivity index (χ4v) is 3.09. The number of carbonyl (C=O) groups excluding carboxylic acids is 2. The molecule has 1 aliphatic rings. The predicted octanol–water partition coefficient (Wildman–Crippen LogP) is 1.71. The van der Waals surface area contributed by atoms with Gasteiger partial charge in [-0.25, -0.2) is 0 Å². The zero-order valence-electron chi connectivity index (χ0n) is 14.5. The van der Waals surface area contributed by atoms with Gasteiger partial charge in [0.1, 0.15) is 11.5 Å². The Morgan fingerprint density at radius 3 is 2.54 bits per heavy atom. The number of amides is 2. The number of hydrogen-bond donors (Lipinski definition) is 2. The highest BCUT2D eigenvalue weighted by atomic mass is 16.5. The van der Waals surface area contributed by atoms with Crippen LogP contribution in [0.15, 0.2) is 47.1 Å². The van der Waals surface area contributed by atoms with E-state index in [4.69, 9.17) is 14.9 Å². The van der Waals surface area contributed by atoms with Gasteiger partial charge < -0.3 is 20.2 Å². The maximum absolute atomic E-state index is 12.4. The van der Waals surface area contributed by atoms with Crippen molar-refractivity contribution in [1.29, 1.82) is 0 Å². The molecule has 0 spiro atoms. The molecule has 138 valence electrons. The molecule has 0 bridgehead atoms. The molecule has 3 N–H and O–H groups in total. The van der Waals surface area contributed by atoms with Crippen LogP contribution < -0.4 is 15.8 Å². The van der Waals surface area contributed by atoms with Gasteiger partial charge in [0, 0.05) is 12.1 Å². The quantitative estimate of drug-likeness (QED) is 0.749. The molecule has 2 amide bonds. The minimum Gasteiger partial charge on any atom is -0.484 e. The van der Waals surface area contributed by atoms with Crippen molar-refractivity contribution in [3.63, 3.8) is 0 Å². The second-order valence-corrected chi connectivity index (χ2v) is 6.26. The van der Waals surface area contributed by atoms with Crippen molar-refractivity contribution in [2.75, 3.05) is 26.2 Å². The number of rotatable bonds is 8. The molecule has 1 atom stereocenters. The Labute approximate surface area is 152 Å². The number of primary amides is 1. The van der Waals surface area contributed by atoms with Crippen LogP contribution in [-0.4, -0.2) is 43.0 Å². The molecule has 0 aliphatic carbocycles. The van der Waals surface area contributed by atoms with Crippen molar-refractivity contribution in [3.05, 3.63) is 54.0 Å². The van der Waals surface area contributed by atoms with Crippen LogP contribution in [-0.2, 0) is 4.79 Å². The molecular weight excluding hydrogens is 334 g/mol. The van der Waals surface area contributed by atoms with Crippen LogP contribution in [0.5, 0.6) is 5.75 Å². The molecule has 1 aromatic carbocycles. The Kier molecular flexibility index (Phi) is 5.91. The maximum atomic E-state index is 12.4. The lowest BCUT2D eigenvalue weighted by atomic mass is 10.1. The first-order valence-corrected chi connectivity index (χ1v) is 8.70. The van der Waals surface area contributed by atoms with E-state index in [1.807, 2.05) is 12.1 Å². The van der Waals surface area contributed by atoms with E-state index >= 15 is 0 Å². The molecule has 1 unspecified atom stereocenters. The first-order valence-electron chi connectivity index (χ1n) is 8.70. The summed E-state index contributed by atoms with van der Waals surface area (Å²) in [7, 11) is 0. The molecule has 1 aromatic heterocycles. The highest BCUT2D eigenvalue weighted by molar-refractivity contribution is 5.94. The maximum Gasteiger partial charge on any atom is 0.255 e. The SMILES string of the molecule is NC(=O)COc1ccc(C(=O)NCC(c2ccco2)N2CCCC2)cc1. The van der Waals surface area contributed by atoms with E-state index in [9.17, 15) is 9.59 Å². The molecule has 0 saturated carbocycles. The summed E-state index contributed by atoms with van der Waals surface area (Å²) in [5.41, 5.74) is 5.56. The van der Waals surface area contributed by atoms with Crippen LogP contribution in [0.4, 0.5) is 0 Å². The Bertz CT molecular complexity index is 722. The lowest BCUT2D eigenvalue weighted by molar-refractivity contribution is -0.119. The lowest BCUT2D eigenvalue weighted by Crippen LogP contribution is -2.36. The zero-order chi connectivity index (χ0) is 18.4. The van der Waals surface area contributed by atoms with Crippen LogP contribution in [0.2, 0.25) is 0 Å². The molecule has 0 radical (unpaired) electrons. The smallest absolute Gasteiger partial charge is 0.255 e. The van der Waals surface area contributed by atoms with Crippen LogP contribution in [0.3, 0.4) is 0 Å². The van der Waals surface area contributed by atoms with Crippen LogP contribution in [0, 0.1) is 0 Å². The average Bonchev–Trinajstić information content (AvgIpc) is 3.35. The van der Waals surface area contributed by atoms with Crippen LogP contribution in [0.25, 0.3) is 0 Å². The predicted molar refractivity (Wildman–Crippen MR) is 95.7 cm³/mol. The molecule has 1 aliphatic heterocycles. The zero-order valence-corrected chi connectivity index (χ0v) is 14.5. The summed E-state index contributed by atoms with van der Waals surface area (Å²) in [4.78, 5) is 25.5. The molecule has 3 rings (SSSR count). The van der Waals surface area contributed by atoms with E-state index in [1.54, 1.807) is 30.5 Å². The third-order valence-electron chi connectivity index (χ3n) is 4.41. The standard InChI is InChI=1S/C19H23N3O4/c20-18(23)13-26-15-7-5-14(6-8-15)19(24)21-12-16(17-4-3-11-25-17)22-9-1-2-10-22/h3-8,11,16H,1-2,9-10,12-13H2,(H2,20,23)(H,21,24). The summed E-state index contributed by atoms with van der Waals surface area (Å²) < 4.78 is 10.8. The van der Waals surface area contributed by atoms with Gasteiger partial charge in [-0.2, -0.15) is 0 Å². The number of likely N-dealkylation sites (tertiary alicyclic amines) is 1. The molecule has 2 aromatic rings. The molecule has 26 heavy (non-hydrogen) atoms. The summed E-state index contributed by atoms with van der Waals surface area (Å²) in [6.45, 7) is 2.30. The van der Waals surface area contributed by atoms with Gasteiger partial charge >= 0.3 is 0 Å². The minimum absolute atomic E-state index is 0.0367. The second kappa shape index (κ2) is 8.53. The number of nitrogens with one attached hydrogen (secondary N) is 1. The number of benzene rings is 1. The van der Waals surface area contributed by atoms with Crippen molar-refractivity contribution < 1.29 is 18.7 Å². The highest BCUT2D eigenvalue weighted by Gasteiger charge is 2.26. The average molecular weight is 357 g/mol. The third-order valence-corrected chi connectivity index (χ3v) is 4.41. The Balaban J connectivity index is 1.58. The van der Waals surface area contributed by atoms with Gasteiger partial charge in [-0.1, -0.05) is 0 Å². The number of carbonyl (C=O) groups is 2. The van der Waals surface area contributed by atoms with Gasteiger partial charge in [-0.15, -0.1) is 0 Å². The first-order chi connectivity index (χ1) is 12.6. The fourth-order valence-electron chi connectivity index (χ4n) is 3.09. The van der Waals surface area contributed by atoms with Gasteiger partial charge in [0.05, 0.1) is 12.3 Å². The van der Waals surface area contributed by atoms with Crippen molar-refractivity contribution in [1.82, 2.24) is 10.2 Å². The summed E-state index contributed by atoms with van der Waals surface area (Å²) in [5, 5.41) is 2.98. The Morgan fingerprint density at radius 1 is 1.19 bits per heavy atom. The van der Waals surface area contributed by atoms with Gasteiger partial charge in [-0.05, 0) is 62.3 Å². The molecular formula is C19H23N3O4. The van der Waals surface area contributed by atoms with E-state index in [1.165, 1.54) is 0 Å². The summed E-state index contributed by atoms with van der Waals surface area (Å²) in [6.07, 6.45) is 3.99. The van der Waals surface area contributed by atoms with E-state index in [0.717, 1.165) is 31.7 Å². The highest BCUT2D eigenvalue weighted by Crippen LogP contribution is 2.25. The lowest BCUT2D eigenvalue weighted by Gasteiger charge is -2.26. The van der Waals surface area contributed by atoms with E-state index in [-0.39, 0.29) is 18.6 Å². The van der Waals surface area contributed by atoms with Crippen molar-refractivity contribution in [2.24, 2.45) is 5.73 Å². The fraction of sp³-hybridized carbons (Fsp3) is 0.368. The number of nitrogens with zero attached hydrogens (tertiary/aromatic N) is 1. The number of ether oxygens (including phenoxy) is 1. The first kappa shape index (κ1) is 18.0. The molecule has 7 nitrogen and oxygen atoms in total. The number of nitrogens with two attached hydrogens (primary N) is 1. The summed E-state index contributed by atoms with van der Waals surface area (Å²) in [6, 6.07) is 10.4. The van der Waals surface area contributed by atoms with Crippen LogP contribution >= 0.6 is 0 Å². The van der Waals surface area contributed by atoms with Gasteiger partial charge in [0.25, 0.3) is 11.8 Å². The number of hydrogen-bond acceptors (Lipinski definition) is 5. The molecule has 2 heterocycles. The van der Waals surface area contributed by atoms with E-state index in [0.29, 0.717) is 17.9 Å². The summed E-state index contributed by atoms with van der Waals surface area (Å²) >= 11 is 0. The third kappa shape index (κ3) is 4.64. The van der Waals surface area contributed by atoms with Crippen LogP contribution in [0.1, 0.15) is 35.0 Å². The van der Waals surface area contributed by atoms with Crippen molar-refractivity contribution in [2.45, 2.75) is 18.9 Å². The largest absolute Gasteiger partial charge is 0.484 e. The van der Waals surface area contributed by atoms with E-state index in [2.05, 4.69) is 10.2 Å². The molecule has 1 fully saturated rings. The second-order valence-electron chi connectivity index (χ2n) is 6.26. The normalized spacial score (nSPS) is 15.5. The van der Waals surface area contributed by atoms with Crippen molar-refractivity contribution in [3.8, 4) is 5.75 Å². The monoisotopic (exact) mass is 357 g/mol. The van der Waals surface area contributed by atoms with Gasteiger partial charge in [0.2, 0.25) is 0 Å².